The van der Waals surface area contributed by atoms with Gasteiger partial charge in [-0.05, 0) is 73.2 Å². The second kappa shape index (κ2) is 8.44. The van der Waals surface area contributed by atoms with Crippen molar-refractivity contribution in [3.63, 3.8) is 0 Å². The molecule has 1 saturated heterocycles. The van der Waals surface area contributed by atoms with E-state index in [4.69, 9.17) is 16.3 Å². The minimum Gasteiger partial charge on any atom is -0.481 e. The Kier molecular flexibility index (Phi) is 5.77. The molecule has 0 N–H and O–H groups in total. The number of amides is 1. The Morgan fingerprint density at radius 3 is 2.46 bits per heavy atom. The van der Waals surface area contributed by atoms with Crippen LogP contribution in [0.2, 0.25) is 5.02 Å². The molecule has 1 amide bonds. The molecule has 1 heterocycles. The Hall–Kier alpha value is -2.20. The first-order valence-corrected chi connectivity index (χ1v) is 10.6. The lowest BCUT2D eigenvalue weighted by molar-refractivity contribution is -0.139. The van der Waals surface area contributed by atoms with E-state index < -0.39 is 6.10 Å². The van der Waals surface area contributed by atoms with Gasteiger partial charge in [-0.25, -0.2) is 0 Å². The highest BCUT2D eigenvalue weighted by Crippen LogP contribution is 2.27. The van der Waals surface area contributed by atoms with E-state index in [0.29, 0.717) is 19.5 Å². The van der Waals surface area contributed by atoms with Crippen molar-refractivity contribution in [3.8, 4) is 5.75 Å². The van der Waals surface area contributed by atoms with Crippen molar-refractivity contribution in [2.75, 3.05) is 31.1 Å². The summed E-state index contributed by atoms with van der Waals surface area (Å²) in [6.07, 6.45) is 3.75. The summed E-state index contributed by atoms with van der Waals surface area (Å²) in [4.78, 5) is 17.3. The maximum absolute atomic E-state index is 13.0. The number of fused-ring (bicyclic) bond motifs is 1. The lowest BCUT2D eigenvalue weighted by Gasteiger charge is -2.37. The highest BCUT2D eigenvalue weighted by molar-refractivity contribution is 6.30. The van der Waals surface area contributed by atoms with E-state index in [-0.39, 0.29) is 5.91 Å². The summed E-state index contributed by atoms with van der Waals surface area (Å²) in [5, 5.41) is 0.743. The van der Waals surface area contributed by atoms with Crippen LogP contribution in [0, 0.1) is 0 Å². The van der Waals surface area contributed by atoms with Gasteiger partial charge in [0.25, 0.3) is 5.91 Å². The molecule has 2 aromatic carbocycles. The Balaban J connectivity index is 1.36. The molecule has 28 heavy (non-hydrogen) atoms. The van der Waals surface area contributed by atoms with Crippen molar-refractivity contribution in [1.82, 2.24) is 4.90 Å². The summed E-state index contributed by atoms with van der Waals surface area (Å²) in [7, 11) is 0. The van der Waals surface area contributed by atoms with Gasteiger partial charge in [-0.15, -0.1) is 0 Å². The average molecular weight is 399 g/mol. The summed E-state index contributed by atoms with van der Waals surface area (Å²) >= 11 is 5.98. The number of hydrogen-bond donors (Lipinski definition) is 0. The Labute approximate surface area is 172 Å². The number of carbonyl (C=O) groups is 1. The predicted molar refractivity (Wildman–Crippen MR) is 113 cm³/mol. The standard InChI is InChI=1S/C23H27ClN2O2/c1-2-22(28-21-11-6-17-4-3-5-18(17)16-21)23(27)26-14-12-25(13-15-26)20-9-7-19(24)8-10-20/h6-11,16,22H,2-5,12-15H2,1H3. The van der Waals surface area contributed by atoms with Crippen molar-refractivity contribution in [3.05, 3.63) is 58.6 Å². The van der Waals surface area contributed by atoms with Gasteiger partial charge in [0.2, 0.25) is 0 Å². The summed E-state index contributed by atoms with van der Waals surface area (Å²) in [5.41, 5.74) is 3.94. The number of hydrogen-bond acceptors (Lipinski definition) is 3. The number of carbonyl (C=O) groups excluding carboxylic acids is 1. The Morgan fingerprint density at radius 1 is 1.04 bits per heavy atom. The maximum Gasteiger partial charge on any atom is 0.263 e. The van der Waals surface area contributed by atoms with E-state index in [2.05, 4.69) is 17.0 Å². The number of anilines is 1. The molecule has 0 bridgehead atoms. The average Bonchev–Trinajstić information content (AvgIpc) is 3.20. The van der Waals surface area contributed by atoms with Crippen LogP contribution in [0.3, 0.4) is 0 Å². The number of benzene rings is 2. The molecule has 5 heteroatoms. The van der Waals surface area contributed by atoms with Crippen LogP contribution in [-0.4, -0.2) is 43.1 Å². The van der Waals surface area contributed by atoms with E-state index in [0.717, 1.165) is 42.4 Å². The predicted octanol–water partition coefficient (Wildman–Crippen LogP) is 4.33. The second-order valence-electron chi connectivity index (χ2n) is 7.59. The van der Waals surface area contributed by atoms with Gasteiger partial charge in [0, 0.05) is 36.9 Å². The summed E-state index contributed by atoms with van der Waals surface area (Å²) in [6.45, 7) is 5.09. The molecule has 4 rings (SSSR count). The van der Waals surface area contributed by atoms with Gasteiger partial charge >= 0.3 is 0 Å². The number of ether oxygens (including phenoxy) is 1. The fourth-order valence-electron chi connectivity index (χ4n) is 4.13. The van der Waals surface area contributed by atoms with E-state index in [1.807, 2.05) is 42.2 Å². The lowest BCUT2D eigenvalue weighted by atomic mass is 10.1. The number of rotatable bonds is 5. The molecular formula is C23H27ClN2O2. The molecule has 0 aromatic heterocycles. The molecule has 148 valence electrons. The fraction of sp³-hybridized carbons (Fsp3) is 0.435. The zero-order chi connectivity index (χ0) is 19.5. The van der Waals surface area contributed by atoms with Crippen molar-refractivity contribution in [1.29, 1.82) is 0 Å². The Bertz CT molecular complexity index is 829. The Morgan fingerprint density at radius 2 is 1.75 bits per heavy atom. The minimum atomic E-state index is -0.415. The normalized spacial score (nSPS) is 17.4. The van der Waals surface area contributed by atoms with Crippen LogP contribution in [0.4, 0.5) is 5.69 Å². The van der Waals surface area contributed by atoms with Crippen LogP contribution >= 0.6 is 11.6 Å². The van der Waals surface area contributed by atoms with Crippen LogP contribution in [0.1, 0.15) is 30.9 Å². The molecule has 0 saturated carbocycles. The number of halogens is 1. The van der Waals surface area contributed by atoms with Gasteiger partial charge in [0.05, 0.1) is 0 Å². The van der Waals surface area contributed by atoms with Crippen LogP contribution in [0.15, 0.2) is 42.5 Å². The summed E-state index contributed by atoms with van der Waals surface area (Å²) in [6, 6.07) is 14.2. The molecule has 0 radical (unpaired) electrons. The molecule has 1 aliphatic heterocycles. The molecule has 2 aromatic rings. The summed E-state index contributed by atoms with van der Waals surface area (Å²) in [5.74, 6) is 0.916. The fourth-order valence-corrected chi connectivity index (χ4v) is 4.26. The van der Waals surface area contributed by atoms with Gasteiger partial charge in [0.15, 0.2) is 6.10 Å². The van der Waals surface area contributed by atoms with Crippen LogP contribution in [0.25, 0.3) is 0 Å². The highest BCUT2D eigenvalue weighted by Gasteiger charge is 2.28. The molecule has 4 nitrogen and oxygen atoms in total. The first-order chi connectivity index (χ1) is 13.6. The molecule has 1 aliphatic carbocycles. The second-order valence-corrected chi connectivity index (χ2v) is 8.02. The van der Waals surface area contributed by atoms with Gasteiger partial charge in [-0.2, -0.15) is 0 Å². The molecule has 0 spiro atoms. The monoisotopic (exact) mass is 398 g/mol. The maximum atomic E-state index is 13.0. The van der Waals surface area contributed by atoms with E-state index in [1.165, 1.54) is 17.5 Å². The van der Waals surface area contributed by atoms with E-state index in [9.17, 15) is 4.79 Å². The van der Waals surface area contributed by atoms with Gasteiger partial charge in [0.1, 0.15) is 5.75 Å². The quantitative estimate of drug-likeness (QED) is 0.751. The zero-order valence-electron chi connectivity index (χ0n) is 16.4. The number of nitrogens with zero attached hydrogens (tertiary/aromatic N) is 2. The third kappa shape index (κ3) is 4.12. The van der Waals surface area contributed by atoms with Gasteiger partial charge in [-0.1, -0.05) is 24.6 Å². The minimum absolute atomic E-state index is 0.0961. The summed E-state index contributed by atoms with van der Waals surface area (Å²) < 4.78 is 6.11. The zero-order valence-corrected chi connectivity index (χ0v) is 17.1. The molecule has 1 fully saturated rings. The van der Waals surface area contributed by atoms with E-state index >= 15 is 0 Å². The van der Waals surface area contributed by atoms with Gasteiger partial charge in [-0.3, -0.25) is 4.79 Å². The number of aryl methyl sites for hydroxylation is 2. The van der Waals surface area contributed by atoms with Crippen LogP contribution < -0.4 is 9.64 Å². The third-order valence-electron chi connectivity index (χ3n) is 5.78. The molecule has 1 unspecified atom stereocenters. The molecular weight excluding hydrogens is 372 g/mol. The topological polar surface area (TPSA) is 32.8 Å². The van der Waals surface area contributed by atoms with Crippen LogP contribution in [-0.2, 0) is 17.6 Å². The van der Waals surface area contributed by atoms with Crippen molar-refractivity contribution < 1.29 is 9.53 Å². The SMILES string of the molecule is CCC(Oc1ccc2c(c1)CCC2)C(=O)N1CCN(c2ccc(Cl)cc2)CC1. The van der Waals surface area contributed by atoms with Crippen molar-refractivity contribution in [2.24, 2.45) is 0 Å². The van der Waals surface area contributed by atoms with Gasteiger partial charge < -0.3 is 14.5 Å². The first kappa shape index (κ1) is 19.1. The third-order valence-corrected chi connectivity index (χ3v) is 6.03. The molecule has 2 aliphatic rings. The van der Waals surface area contributed by atoms with E-state index in [1.54, 1.807) is 0 Å². The lowest BCUT2D eigenvalue weighted by Crippen LogP contribution is -2.52. The molecule has 1 atom stereocenters. The largest absolute Gasteiger partial charge is 0.481 e. The first-order valence-electron chi connectivity index (χ1n) is 10.2. The van der Waals surface area contributed by atoms with Crippen molar-refractivity contribution in [2.45, 2.75) is 38.7 Å². The van der Waals surface area contributed by atoms with Crippen molar-refractivity contribution >= 4 is 23.2 Å². The van der Waals surface area contributed by atoms with Crippen LogP contribution in [0.5, 0.6) is 5.75 Å². The smallest absolute Gasteiger partial charge is 0.263 e. The number of piperazine rings is 1. The highest BCUT2D eigenvalue weighted by atomic mass is 35.5.